The van der Waals surface area contributed by atoms with Crippen molar-refractivity contribution in [3.8, 4) is 0 Å². The van der Waals surface area contributed by atoms with Gasteiger partial charge in [0.2, 0.25) is 5.84 Å². The van der Waals surface area contributed by atoms with Crippen LogP contribution in [0.3, 0.4) is 0 Å². The average Bonchev–Trinajstić information content (AvgIpc) is 3.58. The minimum absolute atomic E-state index is 0.284. The molecule has 0 fully saturated rings. The van der Waals surface area contributed by atoms with E-state index in [1.165, 1.54) is 0 Å². The first-order valence-corrected chi connectivity index (χ1v) is 11.4. The molecule has 0 saturated carbocycles. The van der Waals surface area contributed by atoms with Crippen LogP contribution in [0.15, 0.2) is 136 Å². The van der Waals surface area contributed by atoms with Crippen LogP contribution in [0.2, 0.25) is 0 Å². The van der Waals surface area contributed by atoms with E-state index in [0.29, 0.717) is 0 Å². The van der Waals surface area contributed by atoms with Gasteiger partial charge in [-0.2, -0.15) is 9.48 Å². The molecule has 0 saturated heterocycles. The van der Waals surface area contributed by atoms with E-state index in [1.54, 1.807) is 12.4 Å². The molecular weight excluding hydrogens is 416 g/mol. The summed E-state index contributed by atoms with van der Waals surface area (Å²) in [5, 5.41) is 0. The van der Waals surface area contributed by atoms with Gasteiger partial charge in [-0.25, -0.2) is 9.98 Å². The zero-order chi connectivity index (χ0) is 22.8. The smallest absolute Gasteiger partial charge is 0.210 e. The van der Waals surface area contributed by atoms with E-state index in [-0.39, 0.29) is 4.48 Å². The largest absolute Gasteiger partial charge is 0.296 e. The van der Waals surface area contributed by atoms with E-state index in [0.717, 1.165) is 39.6 Å². The maximum atomic E-state index is 5.38. The van der Waals surface area contributed by atoms with Gasteiger partial charge in [-0.05, 0) is 24.3 Å². The lowest BCUT2D eigenvalue weighted by Crippen LogP contribution is -2.56. The molecule has 1 unspecified atom stereocenters. The third-order valence-electron chi connectivity index (χ3n) is 6.27. The van der Waals surface area contributed by atoms with Crippen LogP contribution in [0.5, 0.6) is 0 Å². The van der Waals surface area contributed by atoms with Gasteiger partial charge in [0, 0.05) is 35.7 Å². The van der Waals surface area contributed by atoms with Crippen molar-refractivity contribution in [3.05, 3.63) is 138 Å². The molecule has 2 aliphatic heterocycles. The van der Waals surface area contributed by atoms with Crippen LogP contribution >= 0.6 is 0 Å². The summed E-state index contributed by atoms with van der Waals surface area (Å²) in [4.78, 5) is 15.1. The Hall–Kier alpha value is -4.41. The van der Waals surface area contributed by atoms with Gasteiger partial charge in [-0.3, -0.25) is 0 Å². The predicted molar refractivity (Wildman–Crippen MR) is 142 cm³/mol. The van der Waals surface area contributed by atoms with E-state index >= 15 is 0 Å². The van der Waals surface area contributed by atoms with Gasteiger partial charge < -0.3 is 0 Å². The van der Waals surface area contributed by atoms with Gasteiger partial charge in [0.15, 0.2) is 5.70 Å². The summed E-state index contributed by atoms with van der Waals surface area (Å²) in [6.45, 7) is 0. The highest BCUT2D eigenvalue weighted by atomic mass is 15.5. The summed E-state index contributed by atoms with van der Waals surface area (Å²) in [6.07, 6.45) is 3.16. The Labute approximate surface area is 199 Å². The first-order chi connectivity index (χ1) is 16.9. The number of rotatable bonds is 5. The number of amidine groups is 1. The fourth-order valence-electron chi connectivity index (χ4n) is 4.84. The normalized spacial score (nSPS) is 19.6. The first kappa shape index (κ1) is 20.2. The van der Waals surface area contributed by atoms with Crippen molar-refractivity contribution in [2.24, 2.45) is 15.0 Å². The van der Waals surface area contributed by atoms with Crippen LogP contribution in [0.25, 0.3) is 11.4 Å². The molecule has 0 spiro atoms. The summed E-state index contributed by atoms with van der Waals surface area (Å²) in [7, 11) is 0. The molecule has 0 bridgehead atoms. The van der Waals surface area contributed by atoms with Crippen molar-refractivity contribution in [2.45, 2.75) is 6.29 Å². The lowest BCUT2D eigenvalue weighted by molar-refractivity contribution is 0.449. The fraction of sp³-hybridized carbons (Fsp3) is 0.0333. The Balaban J connectivity index is 1.76. The zero-order valence-corrected chi connectivity index (χ0v) is 18.6. The Morgan fingerprint density at radius 1 is 0.500 bits per heavy atom. The highest BCUT2D eigenvalue weighted by Gasteiger charge is 2.55. The summed E-state index contributed by atoms with van der Waals surface area (Å²) >= 11 is 0. The molecule has 6 rings (SSSR count). The van der Waals surface area contributed by atoms with Gasteiger partial charge in [0.05, 0.1) is 5.56 Å². The Bertz CT molecular complexity index is 1410. The van der Waals surface area contributed by atoms with E-state index in [1.807, 2.05) is 24.3 Å². The van der Waals surface area contributed by atoms with Crippen molar-refractivity contribution >= 4 is 35.3 Å². The van der Waals surface area contributed by atoms with Gasteiger partial charge in [0.1, 0.15) is 11.4 Å². The molecular formula is C30H23N4+. The molecule has 1 atom stereocenters. The summed E-state index contributed by atoms with van der Waals surface area (Å²) in [6, 6.07) is 41.8. The second-order valence-corrected chi connectivity index (χ2v) is 8.23. The number of hydrogen-bond donors (Lipinski definition) is 0. The third kappa shape index (κ3) is 3.16. The molecule has 0 amide bonds. The fourth-order valence-corrected chi connectivity index (χ4v) is 4.84. The molecule has 4 aromatic carbocycles. The lowest BCUT2D eigenvalue weighted by atomic mass is 10.0. The van der Waals surface area contributed by atoms with Crippen LogP contribution in [0.4, 0.5) is 5.69 Å². The Kier molecular flexibility index (Phi) is 5.06. The maximum Gasteiger partial charge on any atom is 0.296 e. The molecule has 2 aliphatic rings. The van der Waals surface area contributed by atoms with Gasteiger partial charge in [-0.15, -0.1) is 0 Å². The van der Waals surface area contributed by atoms with Crippen molar-refractivity contribution in [1.29, 1.82) is 0 Å². The first-order valence-electron chi connectivity index (χ1n) is 11.4. The van der Waals surface area contributed by atoms with Crippen molar-refractivity contribution in [1.82, 2.24) is 4.48 Å². The third-order valence-corrected chi connectivity index (χ3v) is 6.27. The van der Waals surface area contributed by atoms with Crippen LogP contribution < -0.4 is 4.48 Å². The predicted octanol–water partition coefficient (Wildman–Crippen LogP) is 6.42. The van der Waals surface area contributed by atoms with Crippen LogP contribution in [0.1, 0.15) is 16.7 Å². The van der Waals surface area contributed by atoms with Crippen LogP contribution in [0, 0.1) is 0 Å². The van der Waals surface area contributed by atoms with E-state index in [2.05, 4.69) is 97.1 Å². The topological polar surface area (TPSA) is 37.1 Å². The monoisotopic (exact) mass is 439 g/mol. The number of aliphatic imine (C=N–C) groups is 3. The second-order valence-electron chi connectivity index (χ2n) is 8.23. The van der Waals surface area contributed by atoms with E-state index in [4.69, 9.17) is 15.0 Å². The minimum atomic E-state index is -0.419. The molecule has 0 aromatic heterocycles. The van der Waals surface area contributed by atoms with E-state index < -0.39 is 6.29 Å². The average molecular weight is 440 g/mol. The van der Waals surface area contributed by atoms with Crippen molar-refractivity contribution in [3.63, 3.8) is 0 Å². The summed E-state index contributed by atoms with van der Waals surface area (Å²) in [5.41, 5.74) is 6.28. The molecule has 0 aliphatic carbocycles. The Morgan fingerprint density at radius 3 is 1.53 bits per heavy atom. The standard InChI is InChI=1S/C30H23N4/c1-5-13-23(14-6-1)27-28(24-15-7-2-8-16-24)34(30-31-21-22-32-30,26-19-11-4-12-20-26)29(33-27)25-17-9-3-10-18-25/h1-22,30H/q+1. The number of para-hydroxylation sites is 1. The highest BCUT2D eigenvalue weighted by molar-refractivity contribution is 6.24. The maximum absolute atomic E-state index is 5.38. The van der Waals surface area contributed by atoms with Gasteiger partial charge >= 0.3 is 0 Å². The molecule has 4 heteroatoms. The lowest BCUT2D eigenvalue weighted by Gasteiger charge is -2.38. The quantitative estimate of drug-likeness (QED) is 0.322. The molecule has 4 aromatic rings. The van der Waals surface area contributed by atoms with Gasteiger partial charge in [0.25, 0.3) is 6.29 Å². The highest BCUT2D eigenvalue weighted by Crippen LogP contribution is 2.49. The summed E-state index contributed by atoms with van der Waals surface area (Å²) in [5.74, 6) is 0.908. The second kappa shape index (κ2) is 8.50. The number of nitrogens with zero attached hydrogens (tertiary/aromatic N) is 4. The molecule has 2 heterocycles. The summed E-state index contributed by atoms with van der Waals surface area (Å²) < 4.78 is 0.284. The zero-order valence-electron chi connectivity index (χ0n) is 18.6. The molecule has 34 heavy (non-hydrogen) atoms. The number of quaternary nitrogens is 1. The van der Waals surface area contributed by atoms with Crippen molar-refractivity contribution in [2.75, 3.05) is 0 Å². The van der Waals surface area contributed by atoms with E-state index in [9.17, 15) is 0 Å². The SMILES string of the molecule is C1=NC([N+]2(c3ccccc3)C(c3ccccc3)=NC(c3ccccc3)=C2c2ccccc2)N=C1. The molecule has 162 valence electrons. The number of hydrogen-bond acceptors (Lipinski definition) is 3. The minimum Gasteiger partial charge on any atom is -0.210 e. The van der Waals surface area contributed by atoms with Crippen molar-refractivity contribution < 1.29 is 0 Å². The Morgan fingerprint density at radius 2 is 0.971 bits per heavy atom. The number of benzene rings is 4. The van der Waals surface area contributed by atoms with Crippen LogP contribution in [-0.4, -0.2) is 24.6 Å². The molecule has 4 nitrogen and oxygen atoms in total. The molecule has 0 N–H and O–H groups in total. The van der Waals surface area contributed by atoms with Gasteiger partial charge in [-0.1, -0.05) is 84.9 Å². The van der Waals surface area contributed by atoms with Crippen LogP contribution in [-0.2, 0) is 0 Å². The molecule has 0 radical (unpaired) electrons.